The van der Waals surface area contributed by atoms with Crippen LogP contribution in [0.5, 0.6) is 0 Å². The van der Waals surface area contributed by atoms with Gasteiger partial charge in [0.1, 0.15) is 0 Å². The molecule has 3 rings (SSSR count). The molecule has 2 aromatic carbocycles. The number of aromatic nitrogens is 1. The number of nitrogens with one attached hydrogen (secondary N) is 1. The lowest BCUT2D eigenvalue weighted by atomic mass is 10.1. The monoisotopic (exact) mass is 376 g/mol. The summed E-state index contributed by atoms with van der Waals surface area (Å²) in [7, 11) is 0. The van der Waals surface area contributed by atoms with Crippen LogP contribution in [0.2, 0.25) is 5.02 Å². The molecule has 0 atom stereocenters. The van der Waals surface area contributed by atoms with Crippen molar-refractivity contribution >= 4 is 23.2 Å². The van der Waals surface area contributed by atoms with Gasteiger partial charge in [-0.05, 0) is 30.3 Å². The van der Waals surface area contributed by atoms with Crippen LogP contribution in [0.15, 0.2) is 66.9 Å². The maximum absolute atomic E-state index is 13.0. The van der Waals surface area contributed by atoms with Crippen LogP contribution in [0.1, 0.15) is 15.9 Å². The molecule has 0 aliphatic carbocycles. The Morgan fingerprint density at radius 2 is 1.65 bits per heavy atom. The van der Waals surface area contributed by atoms with E-state index in [1.165, 1.54) is 30.5 Å². The van der Waals surface area contributed by atoms with Crippen LogP contribution in [-0.4, -0.2) is 10.9 Å². The van der Waals surface area contributed by atoms with Gasteiger partial charge in [0.15, 0.2) is 0 Å². The van der Waals surface area contributed by atoms with E-state index < -0.39 is 17.6 Å². The first kappa shape index (κ1) is 17.9. The van der Waals surface area contributed by atoms with Crippen molar-refractivity contribution in [3.8, 4) is 11.3 Å². The summed E-state index contributed by atoms with van der Waals surface area (Å²) < 4.78 is 39.0. The second-order valence-corrected chi connectivity index (χ2v) is 5.82. The fraction of sp³-hybridized carbons (Fsp3) is 0.0526. The topological polar surface area (TPSA) is 42.0 Å². The van der Waals surface area contributed by atoms with E-state index in [1.807, 2.05) is 0 Å². The first-order chi connectivity index (χ1) is 12.4. The van der Waals surface area contributed by atoms with Crippen molar-refractivity contribution < 1.29 is 18.0 Å². The second-order valence-electron chi connectivity index (χ2n) is 5.41. The Labute approximate surface area is 152 Å². The SMILES string of the molecule is O=C(Nc1ccccc1C(F)(F)F)c1ccc(-c2ccccc2Cl)nc1. The zero-order valence-corrected chi connectivity index (χ0v) is 14.0. The molecule has 0 saturated heterocycles. The smallest absolute Gasteiger partial charge is 0.321 e. The molecule has 0 radical (unpaired) electrons. The van der Waals surface area contributed by atoms with Crippen LogP contribution in [0.3, 0.4) is 0 Å². The normalized spacial score (nSPS) is 11.2. The van der Waals surface area contributed by atoms with Crippen LogP contribution in [0.4, 0.5) is 18.9 Å². The summed E-state index contributed by atoms with van der Waals surface area (Å²) >= 11 is 6.10. The Morgan fingerprint density at radius 3 is 2.31 bits per heavy atom. The third-order valence-corrected chi connectivity index (χ3v) is 3.99. The quantitative estimate of drug-likeness (QED) is 0.639. The average Bonchev–Trinajstić information content (AvgIpc) is 2.62. The van der Waals surface area contributed by atoms with Crippen molar-refractivity contribution in [1.82, 2.24) is 4.98 Å². The molecule has 0 aliphatic heterocycles. The van der Waals surface area contributed by atoms with Gasteiger partial charge in [-0.2, -0.15) is 13.2 Å². The number of para-hydroxylation sites is 1. The molecule has 0 saturated carbocycles. The van der Waals surface area contributed by atoms with E-state index >= 15 is 0 Å². The lowest BCUT2D eigenvalue weighted by molar-refractivity contribution is -0.136. The highest BCUT2D eigenvalue weighted by Crippen LogP contribution is 2.34. The molecule has 0 aliphatic rings. The minimum atomic E-state index is -4.56. The molecule has 1 amide bonds. The highest BCUT2D eigenvalue weighted by molar-refractivity contribution is 6.33. The van der Waals surface area contributed by atoms with E-state index in [4.69, 9.17) is 11.6 Å². The summed E-state index contributed by atoms with van der Waals surface area (Å²) in [4.78, 5) is 16.4. The zero-order valence-electron chi connectivity index (χ0n) is 13.2. The third kappa shape index (κ3) is 3.86. The van der Waals surface area contributed by atoms with Gasteiger partial charge in [-0.15, -0.1) is 0 Å². The molecular formula is C19H12ClF3N2O. The van der Waals surface area contributed by atoms with Crippen molar-refractivity contribution in [1.29, 1.82) is 0 Å². The average molecular weight is 377 g/mol. The summed E-state index contributed by atoms with van der Waals surface area (Å²) in [6.07, 6.45) is -3.26. The lowest BCUT2D eigenvalue weighted by Crippen LogP contribution is -2.16. The maximum atomic E-state index is 13.0. The summed E-state index contributed by atoms with van der Waals surface area (Å²) in [5.74, 6) is -0.681. The number of carbonyl (C=O) groups is 1. The van der Waals surface area contributed by atoms with Crippen molar-refractivity contribution in [2.75, 3.05) is 5.32 Å². The van der Waals surface area contributed by atoms with Crippen molar-refractivity contribution in [3.05, 3.63) is 83.0 Å². The lowest BCUT2D eigenvalue weighted by Gasteiger charge is -2.13. The van der Waals surface area contributed by atoms with Gasteiger partial charge >= 0.3 is 6.18 Å². The Kier molecular flexibility index (Phi) is 4.95. The van der Waals surface area contributed by atoms with Gasteiger partial charge in [-0.25, -0.2) is 0 Å². The number of nitrogens with zero attached hydrogens (tertiary/aromatic N) is 1. The van der Waals surface area contributed by atoms with Gasteiger partial charge in [0.2, 0.25) is 0 Å². The molecule has 0 bridgehead atoms. The van der Waals surface area contributed by atoms with Crippen LogP contribution in [-0.2, 0) is 6.18 Å². The molecule has 3 aromatic rings. The number of hydrogen-bond donors (Lipinski definition) is 1. The molecule has 0 unspecified atom stereocenters. The van der Waals surface area contributed by atoms with Crippen molar-refractivity contribution in [2.24, 2.45) is 0 Å². The van der Waals surface area contributed by atoms with Crippen LogP contribution >= 0.6 is 11.6 Å². The van der Waals surface area contributed by atoms with Gasteiger partial charge < -0.3 is 5.32 Å². The summed E-state index contributed by atoms with van der Waals surface area (Å²) in [5, 5.41) is 2.79. The summed E-state index contributed by atoms with van der Waals surface area (Å²) in [6, 6.07) is 15.0. The van der Waals surface area contributed by atoms with Gasteiger partial charge in [-0.3, -0.25) is 9.78 Å². The van der Waals surface area contributed by atoms with E-state index in [2.05, 4.69) is 10.3 Å². The van der Waals surface area contributed by atoms with E-state index in [0.717, 1.165) is 6.07 Å². The second kappa shape index (κ2) is 7.17. The summed E-state index contributed by atoms with van der Waals surface area (Å²) in [6.45, 7) is 0. The first-order valence-electron chi connectivity index (χ1n) is 7.55. The standard InChI is InChI=1S/C19H12ClF3N2O/c20-15-7-3-1-5-13(15)16-10-9-12(11-24-16)18(26)25-17-8-4-2-6-14(17)19(21,22)23/h1-11H,(H,25,26). The number of alkyl halides is 3. The van der Waals surface area contributed by atoms with Crippen molar-refractivity contribution in [3.63, 3.8) is 0 Å². The van der Waals surface area contributed by atoms with E-state index in [9.17, 15) is 18.0 Å². The van der Waals surface area contributed by atoms with E-state index in [0.29, 0.717) is 16.3 Å². The molecule has 132 valence electrons. The third-order valence-electron chi connectivity index (χ3n) is 3.66. The largest absolute Gasteiger partial charge is 0.418 e. The molecular weight excluding hydrogens is 365 g/mol. The number of hydrogen-bond acceptors (Lipinski definition) is 2. The van der Waals surface area contributed by atoms with Gasteiger partial charge in [0.05, 0.1) is 22.5 Å². The number of amides is 1. The number of halogens is 4. The molecule has 26 heavy (non-hydrogen) atoms. The molecule has 1 N–H and O–H groups in total. The summed E-state index contributed by atoms with van der Waals surface area (Å²) in [5.41, 5.74) is 0.179. The Morgan fingerprint density at radius 1 is 0.962 bits per heavy atom. The molecule has 0 spiro atoms. The Hall–Kier alpha value is -2.86. The highest BCUT2D eigenvalue weighted by atomic mass is 35.5. The number of anilines is 1. The Bertz CT molecular complexity index is 940. The van der Waals surface area contributed by atoms with E-state index in [-0.39, 0.29) is 11.3 Å². The molecule has 1 aromatic heterocycles. The molecule has 3 nitrogen and oxygen atoms in total. The predicted octanol–water partition coefficient (Wildman–Crippen LogP) is 5.67. The molecule has 0 fully saturated rings. The number of carbonyl (C=O) groups excluding carboxylic acids is 1. The fourth-order valence-electron chi connectivity index (χ4n) is 2.39. The molecule has 1 heterocycles. The number of pyridine rings is 1. The van der Waals surface area contributed by atoms with Crippen LogP contribution in [0.25, 0.3) is 11.3 Å². The molecule has 7 heteroatoms. The highest BCUT2D eigenvalue weighted by Gasteiger charge is 2.33. The fourth-order valence-corrected chi connectivity index (χ4v) is 2.62. The van der Waals surface area contributed by atoms with Crippen LogP contribution in [0, 0.1) is 0 Å². The number of rotatable bonds is 3. The van der Waals surface area contributed by atoms with Crippen LogP contribution < -0.4 is 5.32 Å². The maximum Gasteiger partial charge on any atom is 0.418 e. The Balaban J connectivity index is 1.83. The van der Waals surface area contributed by atoms with Gasteiger partial charge in [-0.1, -0.05) is 41.9 Å². The van der Waals surface area contributed by atoms with Crippen molar-refractivity contribution in [2.45, 2.75) is 6.18 Å². The first-order valence-corrected chi connectivity index (χ1v) is 7.92. The number of benzene rings is 2. The minimum Gasteiger partial charge on any atom is -0.321 e. The predicted molar refractivity (Wildman–Crippen MR) is 94.1 cm³/mol. The van der Waals surface area contributed by atoms with E-state index in [1.54, 1.807) is 30.3 Å². The zero-order chi connectivity index (χ0) is 18.7. The van der Waals surface area contributed by atoms with Gasteiger partial charge in [0, 0.05) is 16.8 Å². The van der Waals surface area contributed by atoms with Gasteiger partial charge in [0.25, 0.3) is 5.91 Å². The minimum absolute atomic E-state index is 0.137.